The molecule has 0 aromatic heterocycles. The maximum Gasteiger partial charge on any atom is 0.410 e. The third kappa shape index (κ3) is 5.85. The van der Waals surface area contributed by atoms with E-state index in [1.165, 1.54) is 21.3 Å². The molecule has 3 rings (SSSR count). The molecule has 1 saturated heterocycles. The third-order valence-corrected chi connectivity index (χ3v) is 6.76. The number of ketones is 1. The largest absolute Gasteiger partial charge is 0.445 e. The van der Waals surface area contributed by atoms with Crippen LogP contribution in [0.2, 0.25) is 0 Å². The van der Waals surface area contributed by atoms with E-state index >= 15 is 0 Å². The van der Waals surface area contributed by atoms with E-state index in [1.807, 2.05) is 30.3 Å². The minimum atomic E-state index is -3.72. The molecule has 0 aliphatic carbocycles. The Bertz CT molecular complexity index is 1070. The van der Waals surface area contributed by atoms with Gasteiger partial charge in [0.05, 0.1) is 4.90 Å². The van der Waals surface area contributed by atoms with E-state index in [0.29, 0.717) is 5.56 Å². The highest BCUT2D eigenvalue weighted by Crippen LogP contribution is 2.19. The Morgan fingerprint density at radius 1 is 0.968 bits per heavy atom. The number of nitrogens with zero attached hydrogens (tertiary/aromatic N) is 4. The fraction of sp³-hybridized carbons (Fsp3) is 0.286. The van der Waals surface area contributed by atoms with Gasteiger partial charge < -0.3 is 15.2 Å². The van der Waals surface area contributed by atoms with Crippen molar-refractivity contribution in [2.45, 2.75) is 17.9 Å². The lowest BCUT2D eigenvalue weighted by Crippen LogP contribution is -2.50. The first kappa shape index (κ1) is 22.4. The molecule has 0 bridgehead atoms. The number of Topliss-reactive ketones (excluding diaryl/α,β-unsaturated/α-hetero) is 1. The number of ether oxygens (including phenoxy) is 1. The van der Waals surface area contributed by atoms with E-state index in [2.05, 4.69) is 4.79 Å². The number of benzene rings is 2. The van der Waals surface area contributed by atoms with Crippen LogP contribution in [0.15, 0.2) is 59.5 Å². The van der Waals surface area contributed by atoms with Gasteiger partial charge in [-0.15, -0.1) is 0 Å². The van der Waals surface area contributed by atoms with Crippen LogP contribution in [-0.4, -0.2) is 66.7 Å². The Labute approximate surface area is 180 Å². The second-order valence-corrected chi connectivity index (χ2v) is 8.90. The van der Waals surface area contributed by atoms with Gasteiger partial charge in [0.2, 0.25) is 15.8 Å². The predicted octanol–water partition coefficient (Wildman–Crippen LogP) is 1.74. The number of rotatable bonds is 7. The molecular formula is C21H22N4O5S. The topological polar surface area (TPSA) is 120 Å². The molecule has 0 radical (unpaired) electrons. The molecule has 31 heavy (non-hydrogen) atoms. The number of piperazine rings is 1. The Kier molecular flexibility index (Phi) is 7.30. The van der Waals surface area contributed by atoms with Crippen LogP contribution in [0.25, 0.3) is 5.53 Å². The number of carbonyl (C=O) groups is 2. The van der Waals surface area contributed by atoms with Crippen molar-refractivity contribution in [3.63, 3.8) is 0 Å². The monoisotopic (exact) mass is 442 g/mol. The Morgan fingerprint density at radius 2 is 1.61 bits per heavy atom. The van der Waals surface area contributed by atoms with Gasteiger partial charge in [0.25, 0.3) is 0 Å². The van der Waals surface area contributed by atoms with E-state index in [9.17, 15) is 18.0 Å². The lowest BCUT2D eigenvalue weighted by Gasteiger charge is -2.33. The van der Waals surface area contributed by atoms with Crippen molar-refractivity contribution in [1.82, 2.24) is 9.21 Å². The average molecular weight is 442 g/mol. The minimum Gasteiger partial charge on any atom is -0.445 e. The first-order chi connectivity index (χ1) is 14.9. The molecular weight excluding hydrogens is 420 g/mol. The van der Waals surface area contributed by atoms with E-state index in [4.69, 9.17) is 10.3 Å². The zero-order valence-electron chi connectivity index (χ0n) is 16.8. The highest BCUT2D eigenvalue weighted by atomic mass is 32.2. The van der Waals surface area contributed by atoms with E-state index in [1.54, 1.807) is 12.1 Å². The molecule has 0 N–H and O–H groups in total. The van der Waals surface area contributed by atoms with Crippen molar-refractivity contribution < 1.29 is 27.5 Å². The maximum absolute atomic E-state index is 12.9. The lowest BCUT2D eigenvalue weighted by molar-refractivity contribution is -0.115. The SMILES string of the molecule is [N-]=[N+]=CC(=O)Cc1ccc(S(=O)(=O)N2CCN(C(=O)OCc3ccccc3)CC2)cc1. The summed E-state index contributed by atoms with van der Waals surface area (Å²) < 4.78 is 32.4. The van der Waals surface area contributed by atoms with Gasteiger partial charge in [-0.2, -0.15) is 9.10 Å². The Balaban J connectivity index is 1.55. The molecule has 1 fully saturated rings. The van der Waals surface area contributed by atoms with Gasteiger partial charge in [-0.1, -0.05) is 42.5 Å². The summed E-state index contributed by atoms with van der Waals surface area (Å²) in [4.78, 5) is 28.0. The predicted molar refractivity (Wildman–Crippen MR) is 112 cm³/mol. The molecule has 0 unspecified atom stereocenters. The van der Waals surface area contributed by atoms with Crippen LogP contribution in [0.3, 0.4) is 0 Å². The molecule has 1 aliphatic rings. The normalized spacial score (nSPS) is 14.5. The summed E-state index contributed by atoms with van der Waals surface area (Å²) >= 11 is 0. The zero-order valence-corrected chi connectivity index (χ0v) is 17.6. The fourth-order valence-electron chi connectivity index (χ4n) is 3.16. The van der Waals surface area contributed by atoms with Gasteiger partial charge in [0.1, 0.15) is 6.61 Å². The summed E-state index contributed by atoms with van der Waals surface area (Å²) in [5.74, 6) is -0.395. The van der Waals surface area contributed by atoms with E-state index < -0.39 is 21.9 Å². The highest BCUT2D eigenvalue weighted by molar-refractivity contribution is 7.89. The van der Waals surface area contributed by atoms with Crippen LogP contribution < -0.4 is 0 Å². The molecule has 0 spiro atoms. The number of sulfonamides is 1. The summed E-state index contributed by atoms with van der Waals surface area (Å²) in [5.41, 5.74) is 9.86. The molecule has 162 valence electrons. The maximum atomic E-state index is 12.9. The molecule has 9 nitrogen and oxygen atoms in total. The van der Waals surface area contributed by atoms with Gasteiger partial charge in [0.15, 0.2) is 0 Å². The van der Waals surface area contributed by atoms with Crippen molar-refractivity contribution in [3.05, 3.63) is 71.3 Å². The van der Waals surface area contributed by atoms with Gasteiger partial charge in [-0.05, 0) is 23.3 Å². The van der Waals surface area contributed by atoms with Crippen LogP contribution in [0.5, 0.6) is 0 Å². The molecule has 0 atom stereocenters. The molecule has 2 aromatic carbocycles. The van der Waals surface area contributed by atoms with E-state index in [-0.39, 0.29) is 44.1 Å². The van der Waals surface area contributed by atoms with E-state index in [0.717, 1.165) is 11.8 Å². The third-order valence-electron chi connectivity index (χ3n) is 4.84. The van der Waals surface area contributed by atoms with Gasteiger partial charge in [0, 0.05) is 32.6 Å². The van der Waals surface area contributed by atoms with Gasteiger partial charge >= 0.3 is 12.3 Å². The molecule has 1 aliphatic heterocycles. The van der Waals surface area contributed by atoms with Crippen molar-refractivity contribution >= 4 is 28.1 Å². The number of amides is 1. The second kappa shape index (κ2) is 10.1. The standard InChI is InChI=1S/C21H22N4O5S/c22-23-15-19(26)14-17-6-8-20(9-7-17)31(28,29)25-12-10-24(11-13-25)21(27)30-16-18-4-2-1-3-5-18/h1-9,15H,10-14,16H2. The van der Waals surface area contributed by atoms with Crippen LogP contribution in [0, 0.1) is 0 Å². The Hall–Kier alpha value is -3.33. The lowest BCUT2D eigenvalue weighted by atomic mass is 10.1. The van der Waals surface area contributed by atoms with Crippen molar-refractivity contribution in [3.8, 4) is 0 Å². The molecule has 2 aromatic rings. The smallest absolute Gasteiger partial charge is 0.410 e. The summed E-state index contributed by atoms with van der Waals surface area (Å²) in [6.45, 7) is 0.961. The van der Waals surface area contributed by atoms with Crippen molar-refractivity contribution in [2.75, 3.05) is 26.2 Å². The van der Waals surface area contributed by atoms with Gasteiger partial charge in [-0.25, -0.2) is 13.2 Å². The van der Waals surface area contributed by atoms with Gasteiger partial charge in [-0.3, -0.25) is 4.79 Å². The second-order valence-electron chi connectivity index (χ2n) is 6.96. The summed E-state index contributed by atoms with van der Waals surface area (Å²) in [5, 5.41) is 0. The number of carbonyl (C=O) groups excluding carboxylic acids is 2. The molecule has 1 heterocycles. The average Bonchev–Trinajstić information content (AvgIpc) is 2.79. The van der Waals surface area contributed by atoms with Crippen LogP contribution in [0.1, 0.15) is 11.1 Å². The highest BCUT2D eigenvalue weighted by Gasteiger charge is 2.30. The van der Waals surface area contributed by atoms with Crippen molar-refractivity contribution in [2.24, 2.45) is 0 Å². The van der Waals surface area contributed by atoms with Crippen LogP contribution in [0.4, 0.5) is 4.79 Å². The zero-order chi connectivity index (χ0) is 22.3. The minimum absolute atomic E-state index is 0.00809. The number of hydrogen-bond donors (Lipinski definition) is 0. The molecule has 1 amide bonds. The number of hydrogen-bond acceptors (Lipinski definition) is 5. The first-order valence-electron chi connectivity index (χ1n) is 9.65. The quantitative estimate of drug-likeness (QED) is 0.367. The summed E-state index contributed by atoms with van der Waals surface area (Å²) in [6, 6.07) is 15.3. The van der Waals surface area contributed by atoms with Crippen molar-refractivity contribution in [1.29, 1.82) is 0 Å². The molecule has 0 saturated carbocycles. The Morgan fingerprint density at radius 3 is 2.23 bits per heavy atom. The van der Waals surface area contributed by atoms with Crippen LogP contribution in [-0.2, 0) is 32.6 Å². The van der Waals surface area contributed by atoms with Crippen LogP contribution >= 0.6 is 0 Å². The molecule has 10 heteroatoms. The fourth-order valence-corrected chi connectivity index (χ4v) is 4.58. The summed E-state index contributed by atoms with van der Waals surface area (Å²) in [6.07, 6.45) is 0.338. The first-order valence-corrected chi connectivity index (χ1v) is 11.1. The summed E-state index contributed by atoms with van der Waals surface area (Å²) in [7, 11) is -3.72.